The monoisotopic (exact) mass is 484 g/mol. The summed E-state index contributed by atoms with van der Waals surface area (Å²) in [5.74, 6) is -2.53. The number of aliphatic carboxylic acids is 1. The first-order chi connectivity index (χ1) is 16.9. The Balaban J connectivity index is 1.35. The molecular weight excluding hydrogens is 456 g/mol. The standard InChI is InChI=1S/C25H28N2O8/c1-33-23(29)11-10-21(24(30)31)27-22(28)15-34-13-12-26-25(32)35-14-20-18-8-4-2-6-16(18)17-7-3-5-9-19(17)20/h2-9,20-21H,10-15H2,1H3,(H,26,32)(H,27,28)(H,30,31)/t21-/m0/s1. The third-order valence-electron chi connectivity index (χ3n) is 5.59. The molecule has 0 radical (unpaired) electrons. The lowest BCUT2D eigenvalue weighted by Gasteiger charge is -2.15. The summed E-state index contributed by atoms with van der Waals surface area (Å²) in [6.45, 7) is -0.0776. The number of hydrogen-bond acceptors (Lipinski definition) is 7. The number of nitrogens with one attached hydrogen (secondary N) is 2. The Hall–Kier alpha value is -3.92. The molecule has 0 bridgehead atoms. The zero-order chi connectivity index (χ0) is 25.2. The van der Waals surface area contributed by atoms with Crippen molar-refractivity contribution in [2.24, 2.45) is 0 Å². The number of hydrogen-bond donors (Lipinski definition) is 3. The first-order valence-electron chi connectivity index (χ1n) is 11.2. The molecule has 0 fully saturated rings. The van der Waals surface area contributed by atoms with E-state index in [1.165, 1.54) is 7.11 Å². The Morgan fingerprint density at radius 1 is 1.00 bits per heavy atom. The average molecular weight is 485 g/mol. The maximum Gasteiger partial charge on any atom is 0.407 e. The lowest BCUT2D eigenvalue weighted by Crippen LogP contribution is -2.43. The van der Waals surface area contributed by atoms with Gasteiger partial charge in [-0.2, -0.15) is 0 Å². The van der Waals surface area contributed by atoms with Crippen molar-refractivity contribution in [2.45, 2.75) is 24.8 Å². The average Bonchev–Trinajstić information content (AvgIpc) is 3.18. The fraction of sp³-hybridized carbons (Fsp3) is 0.360. The van der Waals surface area contributed by atoms with Crippen molar-refractivity contribution in [1.29, 1.82) is 0 Å². The number of benzene rings is 2. The first kappa shape index (κ1) is 25.7. The van der Waals surface area contributed by atoms with E-state index in [0.717, 1.165) is 22.3 Å². The summed E-state index contributed by atoms with van der Waals surface area (Å²) >= 11 is 0. The van der Waals surface area contributed by atoms with Gasteiger partial charge < -0.3 is 30.0 Å². The number of esters is 1. The molecule has 0 saturated carbocycles. The topological polar surface area (TPSA) is 140 Å². The van der Waals surface area contributed by atoms with Crippen molar-refractivity contribution in [3.05, 3.63) is 59.7 Å². The number of carbonyl (C=O) groups excluding carboxylic acids is 3. The largest absolute Gasteiger partial charge is 0.480 e. The Morgan fingerprint density at radius 2 is 1.63 bits per heavy atom. The normalized spacial score (nSPS) is 12.7. The van der Waals surface area contributed by atoms with Crippen LogP contribution in [0, 0.1) is 0 Å². The van der Waals surface area contributed by atoms with Gasteiger partial charge >= 0.3 is 18.0 Å². The quantitative estimate of drug-likeness (QED) is 0.307. The van der Waals surface area contributed by atoms with Gasteiger partial charge in [0, 0.05) is 18.9 Å². The fourth-order valence-corrected chi connectivity index (χ4v) is 3.90. The highest BCUT2D eigenvalue weighted by molar-refractivity contribution is 5.84. The number of carboxylic acid groups (broad SMARTS) is 1. The van der Waals surface area contributed by atoms with Crippen LogP contribution < -0.4 is 10.6 Å². The number of alkyl carbamates (subject to hydrolysis) is 1. The highest BCUT2D eigenvalue weighted by atomic mass is 16.5. The molecule has 3 N–H and O–H groups in total. The van der Waals surface area contributed by atoms with Gasteiger partial charge in [0.1, 0.15) is 19.3 Å². The number of ether oxygens (including phenoxy) is 3. The van der Waals surface area contributed by atoms with E-state index >= 15 is 0 Å². The van der Waals surface area contributed by atoms with Gasteiger partial charge in [-0.1, -0.05) is 48.5 Å². The molecule has 3 rings (SSSR count). The van der Waals surface area contributed by atoms with Gasteiger partial charge in [-0.15, -0.1) is 0 Å². The zero-order valence-corrected chi connectivity index (χ0v) is 19.3. The van der Waals surface area contributed by atoms with Gasteiger partial charge in [0.2, 0.25) is 5.91 Å². The van der Waals surface area contributed by atoms with Gasteiger partial charge in [0.05, 0.1) is 13.7 Å². The predicted octanol–water partition coefficient (Wildman–Crippen LogP) is 2.06. The van der Waals surface area contributed by atoms with Crippen molar-refractivity contribution in [3.8, 4) is 11.1 Å². The molecule has 2 amide bonds. The van der Waals surface area contributed by atoms with E-state index in [2.05, 4.69) is 27.5 Å². The molecule has 1 aliphatic carbocycles. The van der Waals surface area contributed by atoms with Gasteiger partial charge in [0.25, 0.3) is 0 Å². The molecule has 1 atom stereocenters. The van der Waals surface area contributed by atoms with Crippen LogP contribution in [0.2, 0.25) is 0 Å². The summed E-state index contributed by atoms with van der Waals surface area (Å²) < 4.78 is 15.1. The summed E-state index contributed by atoms with van der Waals surface area (Å²) in [6, 6.07) is 14.8. The third-order valence-corrected chi connectivity index (χ3v) is 5.59. The van der Waals surface area contributed by atoms with Gasteiger partial charge in [-0.05, 0) is 28.7 Å². The Morgan fingerprint density at radius 3 is 2.23 bits per heavy atom. The SMILES string of the molecule is COC(=O)CC[C@H](NC(=O)COCCNC(=O)OCC1c2ccccc2-c2ccccc21)C(=O)O. The van der Waals surface area contributed by atoms with Crippen LogP contribution in [0.15, 0.2) is 48.5 Å². The van der Waals surface area contributed by atoms with Crippen molar-refractivity contribution < 1.29 is 38.5 Å². The van der Waals surface area contributed by atoms with Crippen LogP contribution in [0.3, 0.4) is 0 Å². The van der Waals surface area contributed by atoms with Crippen LogP contribution in [0.1, 0.15) is 29.9 Å². The van der Waals surface area contributed by atoms with Gasteiger partial charge in [-0.3, -0.25) is 9.59 Å². The number of rotatable bonds is 12. The maximum absolute atomic E-state index is 12.1. The lowest BCUT2D eigenvalue weighted by atomic mass is 9.98. The minimum atomic E-state index is -1.26. The van der Waals surface area contributed by atoms with E-state index in [4.69, 9.17) is 14.6 Å². The highest BCUT2D eigenvalue weighted by Crippen LogP contribution is 2.44. The molecule has 0 unspecified atom stereocenters. The van der Waals surface area contributed by atoms with Crippen LogP contribution in [0.5, 0.6) is 0 Å². The van der Waals surface area contributed by atoms with Crippen molar-refractivity contribution in [1.82, 2.24) is 10.6 Å². The predicted molar refractivity (Wildman–Crippen MR) is 125 cm³/mol. The Bertz CT molecular complexity index is 1030. The van der Waals surface area contributed by atoms with E-state index < -0.39 is 36.6 Å². The molecule has 0 spiro atoms. The summed E-state index contributed by atoms with van der Waals surface area (Å²) in [5, 5.41) is 14.0. The van der Waals surface area contributed by atoms with E-state index in [0.29, 0.717) is 0 Å². The van der Waals surface area contributed by atoms with Crippen molar-refractivity contribution in [3.63, 3.8) is 0 Å². The number of carboxylic acids is 1. The van der Waals surface area contributed by atoms with Gasteiger partial charge in [0.15, 0.2) is 0 Å². The third kappa shape index (κ3) is 7.03. The molecule has 1 aliphatic rings. The summed E-state index contributed by atoms with van der Waals surface area (Å²) in [6.07, 6.45) is -0.843. The van der Waals surface area contributed by atoms with Crippen LogP contribution >= 0.6 is 0 Å². The van der Waals surface area contributed by atoms with Crippen molar-refractivity contribution in [2.75, 3.05) is 33.5 Å². The molecular formula is C25H28N2O8. The number of amides is 2. The van der Waals surface area contributed by atoms with E-state index in [1.54, 1.807) is 0 Å². The molecule has 2 aromatic rings. The molecule has 0 saturated heterocycles. The van der Waals surface area contributed by atoms with E-state index in [-0.39, 0.29) is 38.5 Å². The summed E-state index contributed by atoms with van der Waals surface area (Å²) in [5.41, 5.74) is 4.50. The first-order valence-corrected chi connectivity index (χ1v) is 11.2. The second kappa shape index (κ2) is 12.5. The van der Waals surface area contributed by atoms with E-state index in [9.17, 15) is 19.2 Å². The zero-order valence-electron chi connectivity index (χ0n) is 19.3. The molecule has 0 aliphatic heterocycles. The fourth-order valence-electron chi connectivity index (χ4n) is 3.90. The number of fused-ring (bicyclic) bond motifs is 3. The molecule has 10 nitrogen and oxygen atoms in total. The smallest absolute Gasteiger partial charge is 0.407 e. The number of methoxy groups -OCH3 is 1. The van der Waals surface area contributed by atoms with Crippen LogP contribution in [-0.2, 0) is 28.6 Å². The molecule has 2 aromatic carbocycles. The highest BCUT2D eigenvalue weighted by Gasteiger charge is 2.29. The van der Waals surface area contributed by atoms with Crippen LogP contribution in [0.4, 0.5) is 4.79 Å². The summed E-state index contributed by atoms with van der Waals surface area (Å²) in [4.78, 5) is 46.4. The number of carbonyl (C=O) groups is 4. The lowest BCUT2D eigenvalue weighted by molar-refractivity contribution is -0.144. The molecule has 0 heterocycles. The van der Waals surface area contributed by atoms with E-state index in [1.807, 2.05) is 36.4 Å². The minimum absolute atomic E-state index is 0.0253. The Labute approximate surface area is 202 Å². The van der Waals surface area contributed by atoms with Crippen LogP contribution in [0.25, 0.3) is 11.1 Å². The molecule has 186 valence electrons. The van der Waals surface area contributed by atoms with Crippen molar-refractivity contribution >= 4 is 23.9 Å². The van der Waals surface area contributed by atoms with Crippen LogP contribution in [-0.4, -0.2) is 68.6 Å². The Kier molecular flexibility index (Phi) is 9.19. The second-order valence-electron chi connectivity index (χ2n) is 7.88. The van der Waals surface area contributed by atoms with Gasteiger partial charge in [-0.25, -0.2) is 9.59 Å². The molecule has 35 heavy (non-hydrogen) atoms. The summed E-state index contributed by atoms with van der Waals surface area (Å²) in [7, 11) is 1.20. The molecule has 0 aromatic heterocycles. The minimum Gasteiger partial charge on any atom is -0.480 e. The molecule has 10 heteroatoms. The maximum atomic E-state index is 12.1. The second-order valence-corrected chi connectivity index (χ2v) is 7.88.